The molecule has 0 aromatic carbocycles. The van der Waals surface area contributed by atoms with E-state index in [1.54, 1.807) is 11.3 Å². The van der Waals surface area contributed by atoms with Gasteiger partial charge in [-0.15, -0.1) is 11.3 Å². The summed E-state index contributed by atoms with van der Waals surface area (Å²) in [5.41, 5.74) is 0.146. The first kappa shape index (κ1) is 10.5. The van der Waals surface area contributed by atoms with Gasteiger partial charge in [-0.05, 0) is 18.2 Å². The lowest BCUT2D eigenvalue weighted by atomic mass is 9.89. The van der Waals surface area contributed by atoms with Crippen molar-refractivity contribution >= 4 is 23.1 Å². The molecule has 0 spiro atoms. The van der Waals surface area contributed by atoms with Crippen molar-refractivity contribution in [1.29, 1.82) is 0 Å². The highest BCUT2D eigenvalue weighted by Gasteiger charge is 2.43. The predicted octanol–water partition coefficient (Wildman–Crippen LogP) is 2.33. The molecule has 1 saturated heterocycles. The maximum atomic E-state index is 4.48. The third-order valence-electron chi connectivity index (χ3n) is 2.85. The smallest absolute Gasteiger partial charge is 0.114 e. The first-order valence-electron chi connectivity index (χ1n) is 5.02. The molecule has 4 heteroatoms. The molecule has 1 N–H and O–H groups in total. The zero-order chi connectivity index (χ0) is 10.0. The van der Waals surface area contributed by atoms with Crippen LogP contribution in [0.4, 0.5) is 0 Å². The Morgan fingerprint density at radius 2 is 2.57 bits per heavy atom. The summed E-state index contributed by atoms with van der Waals surface area (Å²) in [6.45, 7) is 5.51. The maximum absolute atomic E-state index is 4.48. The largest absolute Gasteiger partial charge is 0.305 e. The number of rotatable bonds is 3. The molecule has 0 aliphatic carbocycles. The van der Waals surface area contributed by atoms with Crippen LogP contribution >= 0.6 is 23.1 Å². The van der Waals surface area contributed by atoms with Gasteiger partial charge < -0.3 is 5.32 Å². The third kappa shape index (κ3) is 1.59. The lowest BCUT2D eigenvalue weighted by Gasteiger charge is -2.31. The molecule has 1 aromatic rings. The molecule has 1 fully saturated rings. The molecule has 0 saturated carbocycles. The molecule has 78 valence electrons. The Balaban J connectivity index is 2.31. The van der Waals surface area contributed by atoms with E-state index < -0.39 is 0 Å². The number of nitrogens with zero attached hydrogens (tertiary/aromatic N) is 1. The van der Waals surface area contributed by atoms with E-state index in [0.717, 1.165) is 12.3 Å². The second kappa shape index (κ2) is 4.21. The molecule has 2 rings (SSSR count). The van der Waals surface area contributed by atoms with Crippen molar-refractivity contribution in [2.45, 2.75) is 19.4 Å². The molecule has 1 aromatic heterocycles. The molecule has 1 aliphatic rings. The van der Waals surface area contributed by atoms with Crippen LogP contribution in [-0.4, -0.2) is 23.0 Å². The van der Waals surface area contributed by atoms with Crippen LogP contribution in [0.15, 0.2) is 11.6 Å². The fraction of sp³-hybridized carbons (Fsp3) is 0.700. The summed E-state index contributed by atoms with van der Waals surface area (Å²) in [6.07, 6.45) is 1.91. The maximum Gasteiger partial charge on any atom is 0.114 e. The Bertz CT molecular complexity index is 286. The van der Waals surface area contributed by atoms with Crippen LogP contribution in [0.1, 0.15) is 18.9 Å². The van der Waals surface area contributed by atoms with Crippen molar-refractivity contribution in [3.8, 4) is 0 Å². The highest BCUT2D eigenvalue weighted by atomic mass is 32.2. The zero-order valence-corrected chi connectivity index (χ0v) is 10.3. The Hall–Kier alpha value is -0.0600. The minimum atomic E-state index is 0.146. The van der Waals surface area contributed by atoms with Crippen LogP contribution in [0.3, 0.4) is 0 Å². The molecule has 0 bridgehead atoms. The summed E-state index contributed by atoms with van der Waals surface area (Å²) in [6, 6.07) is 0. The van der Waals surface area contributed by atoms with Gasteiger partial charge in [0, 0.05) is 17.3 Å². The first-order chi connectivity index (χ1) is 6.79. The van der Waals surface area contributed by atoms with Crippen LogP contribution in [-0.2, 0) is 5.54 Å². The van der Waals surface area contributed by atoms with Gasteiger partial charge in [0.2, 0.25) is 0 Å². The Morgan fingerprint density at radius 1 is 1.71 bits per heavy atom. The molecule has 1 aliphatic heterocycles. The van der Waals surface area contributed by atoms with Crippen molar-refractivity contribution in [2.24, 2.45) is 5.92 Å². The SMILES string of the molecule is CCNC1(c2nccs2)CSCC1C. The lowest BCUT2D eigenvalue weighted by Crippen LogP contribution is -2.47. The molecule has 2 heterocycles. The predicted molar refractivity (Wildman–Crippen MR) is 64.0 cm³/mol. The zero-order valence-electron chi connectivity index (χ0n) is 8.62. The second-order valence-corrected chi connectivity index (χ2v) is 5.68. The van der Waals surface area contributed by atoms with E-state index in [9.17, 15) is 0 Å². The molecule has 0 amide bonds. The van der Waals surface area contributed by atoms with Crippen molar-refractivity contribution in [3.63, 3.8) is 0 Å². The lowest BCUT2D eigenvalue weighted by molar-refractivity contribution is 0.295. The molecular weight excluding hydrogens is 212 g/mol. The molecular formula is C10H16N2S2. The van der Waals surface area contributed by atoms with E-state index in [-0.39, 0.29) is 5.54 Å². The van der Waals surface area contributed by atoms with Gasteiger partial charge in [0.15, 0.2) is 0 Å². The average Bonchev–Trinajstić information content (AvgIpc) is 2.77. The molecule has 2 atom stereocenters. The molecule has 2 unspecified atom stereocenters. The van der Waals surface area contributed by atoms with E-state index in [2.05, 4.69) is 29.5 Å². The normalized spacial score (nSPS) is 32.3. The Labute approximate surface area is 93.5 Å². The number of aromatic nitrogens is 1. The van der Waals surface area contributed by atoms with E-state index >= 15 is 0 Å². The highest BCUT2D eigenvalue weighted by Crippen LogP contribution is 2.41. The first-order valence-corrected chi connectivity index (χ1v) is 7.06. The number of thioether (sulfide) groups is 1. The molecule has 0 radical (unpaired) electrons. The Kier molecular flexibility index (Phi) is 3.14. The van der Waals surface area contributed by atoms with Gasteiger partial charge in [0.25, 0.3) is 0 Å². The van der Waals surface area contributed by atoms with Crippen LogP contribution in [0.2, 0.25) is 0 Å². The van der Waals surface area contributed by atoms with Crippen molar-refractivity contribution < 1.29 is 0 Å². The standard InChI is InChI=1S/C10H16N2S2/c1-3-12-10(7-13-6-8(10)2)9-11-4-5-14-9/h4-5,8,12H,3,6-7H2,1-2H3. The summed E-state index contributed by atoms with van der Waals surface area (Å²) in [5.74, 6) is 3.08. The third-order valence-corrected chi connectivity index (χ3v) is 5.19. The number of hydrogen-bond acceptors (Lipinski definition) is 4. The summed E-state index contributed by atoms with van der Waals surface area (Å²) >= 11 is 3.81. The van der Waals surface area contributed by atoms with Gasteiger partial charge in [0.05, 0.1) is 5.54 Å². The van der Waals surface area contributed by atoms with Crippen molar-refractivity contribution in [2.75, 3.05) is 18.1 Å². The molecule has 14 heavy (non-hydrogen) atoms. The quantitative estimate of drug-likeness (QED) is 0.859. The topological polar surface area (TPSA) is 24.9 Å². The molecule has 2 nitrogen and oxygen atoms in total. The van der Waals surface area contributed by atoms with E-state index in [4.69, 9.17) is 0 Å². The monoisotopic (exact) mass is 228 g/mol. The van der Waals surface area contributed by atoms with Crippen LogP contribution < -0.4 is 5.32 Å². The Morgan fingerprint density at radius 3 is 3.07 bits per heavy atom. The number of thiazole rings is 1. The average molecular weight is 228 g/mol. The second-order valence-electron chi connectivity index (χ2n) is 3.76. The van der Waals surface area contributed by atoms with Crippen LogP contribution in [0, 0.1) is 5.92 Å². The van der Waals surface area contributed by atoms with E-state index in [1.165, 1.54) is 10.8 Å². The number of nitrogens with one attached hydrogen (secondary N) is 1. The fourth-order valence-electron chi connectivity index (χ4n) is 2.01. The summed E-state index contributed by atoms with van der Waals surface area (Å²) < 4.78 is 0. The minimum Gasteiger partial charge on any atom is -0.305 e. The van der Waals surface area contributed by atoms with E-state index in [0.29, 0.717) is 5.92 Å². The summed E-state index contributed by atoms with van der Waals surface area (Å²) in [4.78, 5) is 4.48. The van der Waals surface area contributed by atoms with Gasteiger partial charge in [-0.3, -0.25) is 0 Å². The van der Waals surface area contributed by atoms with Crippen LogP contribution in [0.25, 0.3) is 0 Å². The highest BCUT2D eigenvalue weighted by molar-refractivity contribution is 7.99. The summed E-state index contributed by atoms with van der Waals surface area (Å²) in [7, 11) is 0. The van der Waals surface area contributed by atoms with Gasteiger partial charge >= 0.3 is 0 Å². The van der Waals surface area contributed by atoms with Crippen LogP contribution in [0.5, 0.6) is 0 Å². The van der Waals surface area contributed by atoms with Crippen molar-refractivity contribution in [3.05, 3.63) is 16.6 Å². The van der Waals surface area contributed by atoms with Crippen molar-refractivity contribution in [1.82, 2.24) is 10.3 Å². The van der Waals surface area contributed by atoms with E-state index in [1.807, 2.05) is 18.0 Å². The summed E-state index contributed by atoms with van der Waals surface area (Å²) in [5, 5.41) is 6.97. The van der Waals surface area contributed by atoms with Gasteiger partial charge in [-0.2, -0.15) is 11.8 Å². The minimum absolute atomic E-state index is 0.146. The fourth-order valence-corrected chi connectivity index (χ4v) is 4.63. The number of hydrogen-bond donors (Lipinski definition) is 1. The van der Waals surface area contributed by atoms with Gasteiger partial charge in [-0.1, -0.05) is 13.8 Å². The van der Waals surface area contributed by atoms with Gasteiger partial charge in [-0.25, -0.2) is 4.98 Å². The van der Waals surface area contributed by atoms with Gasteiger partial charge in [0.1, 0.15) is 5.01 Å².